The van der Waals surface area contributed by atoms with Crippen LogP contribution in [0.2, 0.25) is 0 Å². The molecule has 1 saturated heterocycles. The zero-order valence-electron chi connectivity index (χ0n) is 25.4. The molecular weight excluding hydrogens is 524 g/mol. The van der Waals surface area contributed by atoms with Gasteiger partial charge in [-0.05, 0) is 58.0 Å². The second-order valence-corrected chi connectivity index (χ2v) is 10.4. The Hall–Kier alpha value is -3.76. The van der Waals surface area contributed by atoms with E-state index in [-0.39, 0.29) is 17.7 Å². The average molecular weight is 568 g/mol. The molecule has 1 fully saturated rings. The van der Waals surface area contributed by atoms with Gasteiger partial charge in [0.1, 0.15) is 30.3 Å². The number of carbonyl (C=O) groups is 3. The number of hydrogen-bond acceptors (Lipinski definition) is 7. The summed E-state index contributed by atoms with van der Waals surface area (Å²) >= 11 is 0. The zero-order chi connectivity index (χ0) is 30.3. The fourth-order valence-electron chi connectivity index (χ4n) is 4.41. The maximum Gasteiger partial charge on any atom is 0.342 e. The molecule has 0 bridgehead atoms. The van der Waals surface area contributed by atoms with Crippen LogP contribution < -0.4 is 14.5 Å². The molecule has 10 heteroatoms. The fraction of sp³-hybridized carbons (Fsp3) is 0.484. The molecule has 2 amide bonds. The highest BCUT2D eigenvalue weighted by molar-refractivity contribution is 6.20. The maximum atomic E-state index is 13.0. The number of imide groups is 1. The number of nitrogens with zero attached hydrogens (tertiary/aromatic N) is 3. The van der Waals surface area contributed by atoms with E-state index in [4.69, 9.17) is 14.3 Å². The molecule has 2 aliphatic rings. The van der Waals surface area contributed by atoms with Gasteiger partial charge in [-0.15, -0.1) is 5.06 Å². The minimum Gasteiger partial charge on any atom is -0.486 e. The van der Waals surface area contributed by atoms with Crippen molar-refractivity contribution >= 4 is 23.4 Å². The van der Waals surface area contributed by atoms with Gasteiger partial charge in [-0.25, -0.2) is 14.2 Å². The van der Waals surface area contributed by atoms with Gasteiger partial charge in [-0.1, -0.05) is 39.8 Å². The van der Waals surface area contributed by atoms with Crippen LogP contribution in [0.5, 0.6) is 5.75 Å². The minimum atomic E-state index is -1.35. The van der Waals surface area contributed by atoms with Gasteiger partial charge >= 0.3 is 5.97 Å². The lowest BCUT2D eigenvalue weighted by atomic mass is 9.98. The predicted molar refractivity (Wildman–Crippen MR) is 154 cm³/mol. The molecule has 3 aromatic rings. The summed E-state index contributed by atoms with van der Waals surface area (Å²) in [5.41, 5.74) is 1.85. The molecule has 4 heterocycles. The predicted octanol–water partition coefficient (Wildman–Crippen LogP) is 3.90. The van der Waals surface area contributed by atoms with Gasteiger partial charge < -0.3 is 14.8 Å². The van der Waals surface area contributed by atoms with Crippen LogP contribution in [-0.4, -0.2) is 58.8 Å². The number of hydrogen-bond donors (Lipinski definition) is 1. The SMILES string of the molecule is CC.CC.Cn1c(CC2CNC2)c[n+]2cc(OCC(ON3C(=O)c4ccccc4C3=O)C(=O)OC(C)(C)C)ccc12. The largest absolute Gasteiger partial charge is 0.486 e. The summed E-state index contributed by atoms with van der Waals surface area (Å²) in [4.78, 5) is 44.2. The third-order valence-electron chi connectivity index (χ3n) is 6.41. The molecule has 0 radical (unpaired) electrons. The van der Waals surface area contributed by atoms with Crippen LogP contribution in [0.1, 0.15) is 74.9 Å². The number of amides is 2. The topological polar surface area (TPSA) is 103 Å². The number of pyridine rings is 1. The van der Waals surface area contributed by atoms with E-state index in [1.165, 1.54) is 5.69 Å². The highest BCUT2D eigenvalue weighted by Gasteiger charge is 2.40. The molecule has 1 N–H and O–H groups in total. The second-order valence-electron chi connectivity index (χ2n) is 10.4. The van der Waals surface area contributed by atoms with Crippen molar-refractivity contribution in [1.82, 2.24) is 14.9 Å². The molecule has 2 aliphatic heterocycles. The van der Waals surface area contributed by atoms with Crippen LogP contribution in [0, 0.1) is 5.92 Å². The van der Waals surface area contributed by atoms with Gasteiger partial charge in [0.2, 0.25) is 6.10 Å². The van der Waals surface area contributed by atoms with Gasteiger partial charge in [0, 0.05) is 12.5 Å². The lowest BCUT2D eigenvalue weighted by molar-refractivity contribution is -0.511. The van der Waals surface area contributed by atoms with Crippen molar-refractivity contribution in [2.75, 3.05) is 19.7 Å². The van der Waals surface area contributed by atoms with Gasteiger partial charge in [-0.2, -0.15) is 4.40 Å². The van der Waals surface area contributed by atoms with E-state index in [0.29, 0.717) is 16.7 Å². The number of esters is 1. The van der Waals surface area contributed by atoms with Crippen LogP contribution in [0.25, 0.3) is 5.65 Å². The number of hydroxylamine groups is 2. The first-order chi connectivity index (χ1) is 19.6. The third kappa shape index (κ3) is 7.31. The van der Waals surface area contributed by atoms with Crippen molar-refractivity contribution in [3.63, 3.8) is 0 Å². The lowest BCUT2D eigenvalue weighted by Crippen LogP contribution is -2.43. The quantitative estimate of drug-likeness (QED) is 0.250. The number of ether oxygens (including phenoxy) is 2. The van der Waals surface area contributed by atoms with Crippen LogP contribution >= 0.6 is 0 Å². The van der Waals surface area contributed by atoms with Crippen molar-refractivity contribution in [1.29, 1.82) is 0 Å². The van der Waals surface area contributed by atoms with E-state index in [1.807, 2.05) is 51.4 Å². The number of rotatable bonds is 8. The summed E-state index contributed by atoms with van der Waals surface area (Å²) < 4.78 is 15.5. The molecule has 1 atom stereocenters. The first-order valence-electron chi connectivity index (χ1n) is 14.3. The van der Waals surface area contributed by atoms with Gasteiger partial charge in [0.15, 0.2) is 5.75 Å². The number of carbonyl (C=O) groups excluding carboxylic acids is 3. The Morgan fingerprint density at radius 1 is 1.00 bits per heavy atom. The highest BCUT2D eigenvalue weighted by atomic mass is 16.7. The van der Waals surface area contributed by atoms with E-state index in [1.54, 1.807) is 51.1 Å². The maximum absolute atomic E-state index is 13.0. The normalized spacial score (nSPS) is 15.3. The van der Waals surface area contributed by atoms with E-state index in [0.717, 1.165) is 25.2 Å². The minimum absolute atomic E-state index is 0.218. The monoisotopic (exact) mass is 567 g/mol. The Morgan fingerprint density at radius 3 is 2.15 bits per heavy atom. The molecule has 2 aromatic heterocycles. The fourth-order valence-corrected chi connectivity index (χ4v) is 4.41. The summed E-state index contributed by atoms with van der Waals surface area (Å²) in [5, 5.41) is 3.91. The van der Waals surface area contributed by atoms with Gasteiger partial charge in [0.05, 0.1) is 18.2 Å². The van der Waals surface area contributed by atoms with Crippen LogP contribution in [0.4, 0.5) is 0 Å². The number of fused-ring (bicyclic) bond motifs is 2. The van der Waals surface area contributed by atoms with Crippen molar-refractivity contribution in [3.05, 3.63) is 65.6 Å². The van der Waals surface area contributed by atoms with Crippen LogP contribution in [-0.2, 0) is 27.8 Å². The standard InChI is InChI=1S/C27H31N4O6.2C2H6/c1-27(2,3)36-26(34)22(37-31-24(32)20-7-5-6-8-21(20)25(31)33)16-35-19-9-10-23-29(4)18(14-30(23)15-19)11-17-12-28-13-17;2*1-2/h5-10,14-15,17,22,28H,11-13,16H2,1-4H3;2*1-2H3/q+1;;. The van der Waals surface area contributed by atoms with E-state index in [9.17, 15) is 14.4 Å². The first-order valence-corrected chi connectivity index (χ1v) is 14.3. The average Bonchev–Trinajstić information content (AvgIpc) is 3.37. The molecule has 0 saturated carbocycles. The Bertz CT molecular complexity index is 1340. The molecule has 0 spiro atoms. The molecule has 1 unspecified atom stereocenters. The molecule has 0 aliphatic carbocycles. The van der Waals surface area contributed by atoms with E-state index < -0.39 is 29.5 Å². The smallest absolute Gasteiger partial charge is 0.342 e. The van der Waals surface area contributed by atoms with E-state index >= 15 is 0 Å². The number of aryl methyl sites for hydroxylation is 1. The molecular formula is C31H43N4O6+. The first kappa shape index (κ1) is 31.8. The Labute approximate surface area is 242 Å². The Morgan fingerprint density at radius 2 is 1.61 bits per heavy atom. The van der Waals surface area contributed by atoms with Crippen molar-refractivity contribution in [2.45, 2.75) is 66.6 Å². The molecule has 5 rings (SSSR count). The van der Waals surface area contributed by atoms with Crippen molar-refractivity contribution in [2.24, 2.45) is 13.0 Å². The Balaban J connectivity index is 0.00000111. The third-order valence-corrected chi connectivity index (χ3v) is 6.41. The molecule has 10 nitrogen and oxygen atoms in total. The highest BCUT2D eigenvalue weighted by Crippen LogP contribution is 2.24. The van der Waals surface area contributed by atoms with E-state index in [2.05, 4.69) is 16.1 Å². The van der Waals surface area contributed by atoms with Crippen LogP contribution in [0.3, 0.4) is 0 Å². The number of imidazole rings is 1. The zero-order valence-corrected chi connectivity index (χ0v) is 25.4. The number of aromatic nitrogens is 2. The summed E-state index contributed by atoms with van der Waals surface area (Å²) in [6, 6.07) is 10.1. The molecule has 41 heavy (non-hydrogen) atoms. The molecule has 222 valence electrons. The summed E-state index contributed by atoms with van der Waals surface area (Å²) in [6.45, 7) is 15.0. The van der Waals surface area contributed by atoms with Crippen molar-refractivity contribution in [3.8, 4) is 5.75 Å². The van der Waals surface area contributed by atoms with Crippen LogP contribution in [0.15, 0.2) is 48.8 Å². The summed E-state index contributed by atoms with van der Waals surface area (Å²) in [6.07, 6.45) is 3.53. The van der Waals surface area contributed by atoms with Crippen molar-refractivity contribution < 1.29 is 33.1 Å². The number of benzene rings is 1. The lowest BCUT2D eigenvalue weighted by Gasteiger charge is -2.25. The van der Waals surface area contributed by atoms with Gasteiger partial charge in [0.25, 0.3) is 17.5 Å². The number of nitrogens with one attached hydrogen (secondary N) is 1. The Kier molecular flexibility index (Phi) is 10.6. The van der Waals surface area contributed by atoms with Gasteiger partial charge in [-0.3, -0.25) is 9.59 Å². The second kappa shape index (κ2) is 13.7. The molecule has 1 aromatic carbocycles. The summed E-state index contributed by atoms with van der Waals surface area (Å²) in [7, 11) is 2.03. The summed E-state index contributed by atoms with van der Waals surface area (Å²) in [5.74, 6) is -0.879.